The molecule has 1 heterocycles. The highest BCUT2D eigenvalue weighted by Crippen LogP contribution is 2.33. The van der Waals surface area contributed by atoms with Gasteiger partial charge in [0.15, 0.2) is 0 Å². The Labute approximate surface area is 161 Å². The number of nitrogens with zero attached hydrogens (tertiary/aromatic N) is 2. The fourth-order valence-corrected chi connectivity index (χ4v) is 3.37. The van der Waals surface area contributed by atoms with Crippen molar-refractivity contribution in [1.29, 1.82) is 0 Å². The van der Waals surface area contributed by atoms with Crippen LogP contribution in [0.5, 0.6) is 0 Å². The summed E-state index contributed by atoms with van der Waals surface area (Å²) in [5.74, 6) is -0.195. The Morgan fingerprint density at radius 1 is 1.14 bits per heavy atom. The van der Waals surface area contributed by atoms with E-state index in [1.807, 2.05) is 37.3 Å². The maximum atomic E-state index is 12.9. The van der Waals surface area contributed by atoms with Gasteiger partial charge in [0.25, 0.3) is 5.91 Å². The number of aliphatic hydroxyl groups is 1. The molecule has 1 aliphatic rings. The third kappa shape index (κ3) is 3.76. The largest absolute Gasteiger partial charge is 0.428 e. The summed E-state index contributed by atoms with van der Waals surface area (Å²) in [4.78, 5) is 15.2. The first-order valence-electron chi connectivity index (χ1n) is 8.82. The van der Waals surface area contributed by atoms with Gasteiger partial charge in [0.1, 0.15) is 0 Å². The number of amides is 1. The van der Waals surface area contributed by atoms with Gasteiger partial charge in [-0.15, -0.1) is 0 Å². The topological polar surface area (TPSA) is 69.8 Å². The van der Waals surface area contributed by atoms with Gasteiger partial charge in [0, 0.05) is 12.1 Å². The molecule has 5 nitrogen and oxygen atoms in total. The van der Waals surface area contributed by atoms with Crippen LogP contribution in [0.1, 0.15) is 46.2 Å². The Morgan fingerprint density at radius 3 is 2.39 bits per heavy atom. The van der Waals surface area contributed by atoms with Crippen molar-refractivity contribution in [2.24, 2.45) is 5.73 Å². The van der Waals surface area contributed by atoms with Crippen molar-refractivity contribution in [2.75, 3.05) is 7.05 Å². The summed E-state index contributed by atoms with van der Waals surface area (Å²) >= 11 is 0. The van der Waals surface area contributed by atoms with E-state index in [1.165, 1.54) is 6.07 Å². The lowest BCUT2D eigenvalue weighted by atomic mass is 10.0. The average molecular weight is 393 g/mol. The molecular weight excluding hydrogens is 371 g/mol. The van der Waals surface area contributed by atoms with Gasteiger partial charge in [0.2, 0.25) is 6.23 Å². The molecule has 3 atom stereocenters. The Hall–Kier alpha value is -2.42. The number of halogens is 3. The monoisotopic (exact) mass is 393 g/mol. The molecule has 150 valence electrons. The summed E-state index contributed by atoms with van der Waals surface area (Å²) in [6.07, 6.45) is -8.72. The summed E-state index contributed by atoms with van der Waals surface area (Å²) in [5, 5.41) is 9.42. The first-order valence-corrected chi connectivity index (χ1v) is 8.82. The number of aliphatic hydroxyl groups excluding tert-OH is 1. The van der Waals surface area contributed by atoms with Crippen molar-refractivity contribution in [3.8, 4) is 0 Å². The smallest absolute Gasteiger partial charge is 0.370 e. The normalized spacial score (nSPS) is 17.6. The van der Waals surface area contributed by atoms with Crippen molar-refractivity contribution in [1.82, 2.24) is 9.80 Å². The number of carbonyl (C=O) groups excluding carboxylic acids is 1. The number of alkyl halides is 3. The van der Waals surface area contributed by atoms with E-state index in [9.17, 15) is 23.1 Å². The summed E-state index contributed by atoms with van der Waals surface area (Å²) < 4.78 is 38.3. The van der Waals surface area contributed by atoms with Crippen molar-refractivity contribution in [2.45, 2.75) is 38.1 Å². The number of benzene rings is 2. The molecule has 0 aliphatic carbocycles. The standard InChI is InChI=1S/C20H22F3N3O2/c1-12(13-6-4-3-5-7-13)26-11-15-9-8-14(10-16(15)18(26)27)17(24)25(2)19(28)20(21,22)23/h3-10,12,17,19,28H,11,24H2,1-2H3/t12-,17?,19?/m1/s1. The SMILES string of the molecule is C[C@H](c1ccccc1)N1Cc2ccc(C(N)N(C)C(O)C(F)(F)F)cc2C1=O. The van der Waals surface area contributed by atoms with Crippen molar-refractivity contribution in [3.63, 3.8) is 0 Å². The molecule has 0 bridgehead atoms. The van der Waals surface area contributed by atoms with Gasteiger partial charge in [-0.25, -0.2) is 0 Å². The number of nitrogens with two attached hydrogens (primary N) is 1. The van der Waals surface area contributed by atoms with E-state index in [0.717, 1.165) is 18.2 Å². The number of carbonyl (C=O) groups is 1. The van der Waals surface area contributed by atoms with E-state index in [-0.39, 0.29) is 11.9 Å². The van der Waals surface area contributed by atoms with E-state index in [2.05, 4.69) is 0 Å². The molecule has 3 N–H and O–H groups in total. The second-order valence-corrected chi connectivity index (χ2v) is 6.96. The van der Waals surface area contributed by atoms with Gasteiger partial charge in [-0.2, -0.15) is 13.2 Å². The minimum Gasteiger partial charge on any atom is -0.370 e. The predicted molar refractivity (Wildman–Crippen MR) is 97.9 cm³/mol. The molecule has 0 spiro atoms. The summed E-state index contributed by atoms with van der Waals surface area (Å²) in [5.41, 5.74) is 8.44. The quantitative estimate of drug-likeness (QED) is 0.766. The number of hydrogen-bond donors (Lipinski definition) is 2. The van der Waals surface area contributed by atoms with Crippen LogP contribution in [0.25, 0.3) is 0 Å². The fourth-order valence-electron chi connectivity index (χ4n) is 3.37. The van der Waals surface area contributed by atoms with Crippen LogP contribution < -0.4 is 5.73 Å². The first-order chi connectivity index (χ1) is 13.1. The molecule has 8 heteroatoms. The molecule has 0 aromatic heterocycles. The van der Waals surface area contributed by atoms with E-state index in [1.54, 1.807) is 17.0 Å². The first kappa shape index (κ1) is 20.3. The molecule has 1 aliphatic heterocycles. The van der Waals surface area contributed by atoms with Crippen LogP contribution in [-0.4, -0.2) is 40.3 Å². The molecule has 0 fully saturated rings. The Balaban J connectivity index is 1.82. The molecule has 1 amide bonds. The molecule has 0 radical (unpaired) electrons. The minimum atomic E-state index is -4.82. The van der Waals surface area contributed by atoms with Crippen LogP contribution >= 0.6 is 0 Å². The number of hydrogen-bond acceptors (Lipinski definition) is 4. The lowest BCUT2D eigenvalue weighted by molar-refractivity contribution is -0.252. The summed E-state index contributed by atoms with van der Waals surface area (Å²) in [6, 6.07) is 14.2. The van der Waals surface area contributed by atoms with E-state index in [0.29, 0.717) is 22.6 Å². The molecular formula is C20H22F3N3O2. The molecule has 2 aromatic rings. The zero-order valence-corrected chi connectivity index (χ0v) is 15.5. The molecule has 0 saturated heterocycles. The minimum absolute atomic E-state index is 0.145. The van der Waals surface area contributed by atoms with Gasteiger partial charge < -0.3 is 15.7 Å². The van der Waals surface area contributed by atoms with Crippen LogP contribution in [0, 0.1) is 0 Å². The van der Waals surface area contributed by atoms with Crippen molar-refractivity contribution < 1.29 is 23.1 Å². The number of rotatable bonds is 5. The third-order valence-electron chi connectivity index (χ3n) is 5.17. The Kier molecular flexibility index (Phi) is 5.47. The van der Waals surface area contributed by atoms with E-state index in [4.69, 9.17) is 5.73 Å². The Morgan fingerprint density at radius 2 is 1.79 bits per heavy atom. The van der Waals surface area contributed by atoms with Crippen LogP contribution in [-0.2, 0) is 6.54 Å². The maximum absolute atomic E-state index is 12.9. The highest BCUT2D eigenvalue weighted by Gasteiger charge is 2.43. The molecule has 3 rings (SSSR count). The van der Waals surface area contributed by atoms with Gasteiger partial charge in [0.05, 0.1) is 12.2 Å². The fraction of sp³-hybridized carbons (Fsp3) is 0.350. The van der Waals surface area contributed by atoms with Gasteiger partial charge in [-0.1, -0.05) is 42.5 Å². The Bertz CT molecular complexity index is 858. The van der Waals surface area contributed by atoms with Crippen molar-refractivity contribution >= 4 is 5.91 Å². The maximum Gasteiger partial charge on any atom is 0.428 e. The molecule has 28 heavy (non-hydrogen) atoms. The molecule has 2 aromatic carbocycles. The summed E-state index contributed by atoms with van der Waals surface area (Å²) in [6.45, 7) is 2.35. The summed E-state index contributed by atoms with van der Waals surface area (Å²) in [7, 11) is 1.08. The molecule has 0 saturated carbocycles. The highest BCUT2D eigenvalue weighted by atomic mass is 19.4. The average Bonchev–Trinajstić information content (AvgIpc) is 3.01. The zero-order valence-electron chi connectivity index (χ0n) is 15.5. The highest BCUT2D eigenvalue weighted by molar-refractivity contribution is 5.98. The van der Waals surface area contributed by atoms with E-state index < -0.39 is 18.6 Å². The van der Waals surface area contributed by atoms with Gasteiger partial charge in [-0.3, -0.25) is 9.69 Å². The van der Waals surface area contributed by atoms with Crippen molar-refractivity contribution in [3.05, 3.63) is 70.8 Å². The second kappa shape index (κ2) is 7.54. The van der Waals surface area contributed by atoms with E-state index >= 15 is 0 Å². The lowest BCUT2D eigenvalue weighted by Crippen LogP contribution is -2.47. The van der Waals surface area contributed by atoms with Crippen LogP contribution in [0.3, 0.4) is 0 Å². The number of fused-ring (bicyclic) bond motifs is 1. The predicted octanol–water partition coefficient (Wildman–Crippen LogP) is 3.17. The molecule has 2 unspecified atom stereocenters. The van der Waals surface area contributed by atoms with Gasteiger partial charge in [-0.05, 0) is 36.7 Å². The second-order valence-electron chi connectivity index (χ2n) is 6.96. The van der Waals surface area contributed by atoms with Gasteiger partial charge >= 0.3 is 6.18 Å². The third-order valence-corrected chi connectivity index (χ3v) is 5.17. The zero-order chi connectivity index (χ0) is 20.6. The van der Waals surface area contributed by atoms with Crippen LogP contribution in [0.15, 0.2) is 48.5 Å². The lowest BCUT2D eigenvalue weighted by Gasteiger charge is -2.30. The van der Waals surface area contributed by atoms with Crippen LogP contribution in [0.4, 0.5) is 13.2 Å². The van der Waals surface area contributed by atoms with Crippen LogP contribution in [0.2, 0.25) is 0 Å².